The fraction of sp³-hybridized carbons (Fsp3) is 0. The number of amidine groups is 1. The molecule has 0 amide bonds. The number of hydrogen-bond acceptors (Lipinski definition) is 2. The van der Waals surface area contributed by atoms with Crippen LogP contribution in [0.3, 0.4) is 0 Å². The summed E-state index contributed by atoms with van der Waals surface area (Å²) in [5, 5.41) is 6.95. The topological polar surface area (TPSA) is 78.5 Å². The average Bonchev–Trinajstić information content (AvgIpc) is 2.65. The minimum Gasteiger partial charge on any atom is -0.382 e. The van der Waals surface area contributed by atoms with Gasteiger partial charge in [0.05, 0.1) is 0 Å². The van der Waals surface area contributed by atoms with Crippen molar-refractivity contribution in [1.29, 1.82) is 5.41 Å². The largest absolute Gasteiger partial charge is 0.382 e. The molecule has 0 aliphatic heterocycles. The third-order valence-corrected chi connectivity index (χ3v) is 1.55. The van der Waals surface area contributed by atoms with Gasteiger partial charge in [0.1, 0.15) is 17.3 Å². The van der Waals surface area contributed by atoms with Crippen LogP contribution in [0, 0.1) is 17.2 Å². The molecule has 0 fully saturated rings. The van der Waals surface area contributed by atoms with Crippen molar-refractivity contribution in [3.8, 4) is 0 Å². The number of rotatable bonds is 1. The number of nitrogens with one attached hydrogen (secondary N) is 2. The van der Waals surface area contributed by atoms with E-state index in [1.807, 2.05) is 4.98 Å². The molecular weight excluding hydrogens is 214 g/mol. The highest BCUT2D eigenvalue weighted by molar-refractivity contribution is 5.92. The highest BCUT2D eigenvalue weighted by Crippen LogP contribution is 1.96. The van der Waals surface area contributed by atoms with Gasteiger partial charge in [-0.25, -0.2) is 4.39 Å². The molecule has 0 atom stereocenters. The summed E-state index contributed by atoms with van der Waals surface area (Å²) in [6.45, 7) is 0. The monoisotopic (exact) mass is 224 g/mol. The Hall–Kier alpha value is -2.24. The summed E-state index contributed by atoms with van der Waals surface area (Å²) in [7, 11) is 0. The number of nitrogens with zero attached hydrogens (tertiary/aromatic N) is 1. The van der Waals surface area contributed by atoms with Crippen molar-refractivity contribution >= 4 is 5.84 Å². The van der Waals surface area contributed by atoms with Gasteiger partial charge in [0.2, 0.25) is 0 Å². The fourth-order valence-corrected chi connectivity index (χ4v) is 0.864. The van der Waals surface area contributed by atoms with E-state index < -0.39 is 11.8 Å². The third-order valence-electron chi connectivity index (χ3n) is 1.55. The lowest BCUT2D eigenvalue weighted by Crippen LogP contribution is -2.12. The summed E-state index contributed by atoms with van der Waals surface area (Å²) in [6, 6.07) is 6.05. The first-order valence-electron chi connectivity index (χ1n) is 4.34. The van der Waals surface area contributed by atoms with Crippen molar-refractivity contribution < 1.29 is 8.78 Å². The molecule has 2 aromatic rings. The quantitative estimate of drug-likeness (QED) is 0.508. The molecule has 0 spiro atoms. The Morgan fingerprint density at radius 1 is 1.38 bits per heavy atom. The number of hydrogen-bond donors (Lipinski definition) is 3. The van der Waals surface area contributed by atoms with E-state index in [0.717, 1.165) is 12.3 Å². The lowest BCUT2D eigenvalue weighted by molar-refractivity contribution is 0.585. The van der Waals surface area contributed by atoms with Gasteiger partial charge in [-0.3, -0.25) is 10.4 Å². The molecule has 4 N–H and O–H groups in total. The van der Waals surface area contributed by atoms with Crippen molar-refractivity contribution in [2.75, 3.05) is 0 Å². The van der Waals surface area contributed by atoms with E-state index in [4.69, 9.17) is 11.1 Å². The minimum absolute atomic E-state index is 0.00981. The van der Waals surface area contributed by atoms with Gasteiger partial charge in [0.15, 0.2) is 5.95 Å². The molecule has 2 rings (SSSR count). The molecule has 16 heavy (non-hydrogen) atoms. The number of nitrogen functional groups attached to an aromatic ring is 1. The highest BCUT2D eigenvalue weighted by atomic mass is 19.1. The van der Waals surface area contributed by atoms with Crippen LogP contribution in [-0.4, -0.2) is 15.8 Å². The molecule has 2 heterocycles. The van der Waals surface area contributed by atoms with Crippen molar-refractivity contribution in [2.24, 2.45) is 5.73 Å². The lowest BCUT2D eigenvalue weighted by atomic mass is 10.3. The molecule has 0 bridgehead atoms. The van der Waals surface area contributed by atoms with Gasteiger partial charge in [0.25, 0.3) is 0 Å². The molecule has 0 saturated heterocycles. The Labute approximate surface area is 90.6 Å². The number of aromatic nitrogens is 2. The SMILES string of the molecule is Fc1c[nH]c(F)c1.N=C(N)c1ccccn1. The molecule has 0 aliphatic rings. The molecule has 4 nitrogen and oxygen atoms in total. The molecule has 0 aromatic carbocycles. The summed E-state index contributed by atoms with van der Waals surface area (Å²) in [5.41, 5.74) is 5.66. The standard InChI is InChI=1S/C6H7N3.C4H3F2N/c7-6(8)5-3-1-2-4-9-5;5-3-1-4(6)7-2-3/h1-4H,(H3,7,8);1-2,7H. The number of aromatic amines is 1. The zero-order valence-corrected chi connectivity index (χ0v) is 8.24. The zero-order chi connectivity index (χ0) is 12.0. The van der Waals surface area contributed by atoms with E-state index in [1.54, 1.807) is 24.4 Å². The van der Waals surface area contributed by atoms with Gasteiger partial charge in [-0.1, -0.05) is 6.07 Å². The van der Waals surface area contributed by atoms with Crippen molar-refractivity contribution in [3.63, 3.8) is 0 Å². The Balaban J connectivity index is 0.000000165. The fourth-order valence-electron chi connectivity index (χ4n) is 0.864. The van der Waals surface area contributed by atoms with Crippen LogP contribution >= 0.6 is 0 Å². The Morgan fingerprint density at radius 2 is 2.12 bits per heavy atom. The number of halogens is 2. The second-order valence-corrected chi connectivity index (χ2v) is 2.79. The molecule has 6 heteroatoms. The van der Waals surface area contributed by atoms with E-state index in [0.29, 0.717) is 5.69 Å². The maximum atomic E-state index is 11.7. The molecular formula is C10H10F2N4. The molecule has 84 valence electrons. The molecule has 0 radical (unpaired) electrons. The minimum atomic E-state index is -0.641. The Morgan fingerprint density at radius 3 is 2.38 bits per heavy atom. The zero-order valence-electron chi connectivity index (χ0n) is 8.24. The second kappa shape index (κ2) is 5.59. The maximum absolute atomic E-state index is 11.7. The highest BCUT2D eigenvalue weighted by Gasteiger charge is 1.91. The third kappa shape index (κ3) is 3.87. The summed E-state index contributed by atoms with van der Waals surface area (Å²) >= 11 is 0. The van der Waals surface area contributed by atoms with Crippen molar-refractivity contribution in [3.05, 3.63) is 54.1 Å². The summed E-state index contributed by atoms with van der Waals surface area (Å²) < 4.78 is 23.3. The van der Waals surface area contributed by atoms with Crippen LogP contribution < -0.4 is 5.73 Å². The van der Waals surface area contributed by atoms with Gasteiger partial charge >= 0.3 is 0 Å². The van der Waals surface area contributed by atoms with Crippen LogP contribution in [-0.2, 0) is 0 Å². The van der Waals surface area contributed by atoms with Gasteiger partial charge in [-0.05, 0) is 12.1 Å². The number of pyridine rings is 1. The van der Waals surface area contributed by atoms with Gasteiger partial charge in [0, 0.05) is 18.5 Å². The van der Waals surface area contributed by atoms with E-state index in [9.17, 15) is 8.78 Å². The van der Waals surface area contributed by atoms with Crippen LogP contribution in [0.2, 0.25) is 0 Å². The van der Waals surface area contributed by atoms with Crippen molar-refractivity contribution in [2.45, 2.75) is 0 Å². The molecule has 0 unspecified atom stereocenters. The van der Waals surface area contributed by atoms with E-state index in [-0.39, 0.29) is 5.84 Å². The van der Waals surface area contributed by atoms with E-state index in [1.165, 1.54) is 0 Å². The van der Waals surface area contributed by atoms with Crippen LogP contribution in [0.1, 0.15) is 5.69 Å². The van der Waals surface area contributed by atoms with Crippen LogP contribution in [0.4, 0.5) is 8.78 Å². The summed E-state index contributed by atoms with van der Waals surface area (Å²) in [5.74, 6) is -1.20. The first-order chi connectivity index (χ1) is 7.59. The van der Waals surface area contributed by atoms with E-state index >= 15 is 0 Å². The molecule has 0 saturated carbocycles. The first kappa shape index (κ1) is 11.8. The van der Waals surface area contributed by atoms with E-state index in [2.05, 4.69) is 4.98 Å². The van der Waals surface area contributed by atoms with Crippen LogP contribution in [0.25, 0.3) is 0 Å². The van der Waals surface area contributed by atoms with Crippen molar-refractivity contribution in [1.82, 2.24) is 9.97 Å². The molecule has 2 aromatic heterocycles. The predicted octanol–water partition coefficient (Wildman–Crippen LogP) is 1.66. The average molecular weight is 224 g/mol. The van der Waals surface area contributed by atoms with Gasteiger partial charge < -0.3 is 10.7 Å². The Kier molecular flexibility index (Phi) is 4.14. The van der Waals surface area contributed by atoms with Crippen LogP contribution in [0.5, 0.6) is 0 Å². The first-order valence-corrected chi connectivity index (χ1v) is 4.34. The van der Waals surface area contributed by atoms with Gasteiger partial charge in [-0.2, -0.15) is 4.39 Å². The maximum Gasteiger partial charge on any atom is 0.194 e. The Bertz CT molecular complexity index is 436. The smallest absolute Gasteiger partial charge is 0.194 e. The number of nitrogens with two attached hydrogens (primary N) is 1. The molecule has 0 aliphatic carbocycles. The predicted molar refractivity (Wildman–Crippen MR) is 56.0 cm³/mol. The lowest BCUT2D eigenvalue weighted by Gasteiger charge is -1.91. The van der Waals surface area contributed by atoms with Gasteiger partial charge in [-0.15, -0.1) is 0 Å². The second-order valence-electron chi connectivity index (χ2n) is 2.79. The normalized spacial score (nSPS) is 9.12. The summed E-state index contributed by atoms with van der Waals surface area (Å²) in [6.07, 6.45) is 2.56. The number of H-pyrrole nitrogens is 1. The summed E-state index contributed by atoms with van der Waals surface area (Å²) in [4.78, 5) is 5.86. The van der Waals surface area contributed by atoms with Crippen LogP contribution in [0.15, 0.2) is 36.7 Å².